The molecular formula is C15H16F2N2O3S. The molecule has 0 aromatic heterocycles. The van der Waals surface area contributed by atoms with E-state index in [1.54, 1.807) is 0 Å². The molecule has 2 saturated heterocycles. The number of amides is 2. The lowest BCUT2D eigenvalue weighted by Crippen LogP contribution is -2.41. The molecule has 2 amide bonds. The van der Waals surface area contributed by atoms with Crippen molar-refractivity contribution < 1.29 is 23.5 Å². The van der Waals surface area contributed by atoms with Gasteiger partial charge in [-0.25, -0.2) is 8.78 Å². The van der Waals surface area contributed by atoms with Crippen LogP contribution in [0.4, 0.5) is 8.78 Å². The molecule has 5 nitrogen and oxygen atoms in total. The van der Waals surface area contributed by atoms with Crippen LogP contribution in [0.15, 0.2) is 18.2 Å². The summed E-state index contributed by atoms with van der Waals surface area (Å²) in [7, 11) is 0. The number of thioether (sulfide) groups is 1. The van der Waals surface area contributed by atoms with Gasteiger partial charge >= 0.3 is 0 Å². The van der Waals surface area contributed by atoms with Crippen LogP contribution >= 0.6 is 11.8 Å². The minimum Gasteiger partial charge on any atom is -0.391 e. The summed E-state index contributed by atoms with van der Waals surface area (Å²) in [6.07, 6.45) is -0.458. The second-order valence-electron chi connectivity index (χ2n) is 5.69. The third-order valence-electron chi connectivity index (χ3n) is 4.08. The predicted octanol–water partition coefficient (Wildman–Crippen LogP) is 1.13. The van der Waals surface area contributed by atoms with Gasteiger partial charge in [0.05, 0.1) is 23.8 Å². The van der Waals surface area contributed by atoms with Gasteiger partial charge in [0.25, 0.3) is 0 Å². The number of rotatable bonds is 3. The molecule has 124 valence electrons. The summed E-state index contributed by atoms with van der Waals surface area (Å²) in [6, 6.07) is 2.96. The number of aliphatic hydroxyl groups excluding tert-OH is 1. The molecule has 2 atom stereocenters. The Bertz CT molecular complexity index is 643. The first-order chi connectivity index (χ1) is 11.0. The summed E-state index contributed by atoms with van der Waals surface area (Å²) in [5.41, 5.74) is 0.441. The van der Waals surface area contributed by atoms with Crippen LogP contribution in [0.3, 0.4) is 0 Å². The molecule has 0 spiro atoms. The van der Waals surface area contributed by atoms with Crippen molar-refractivity contribution in [1.82, 2.24) is 9.80 Å². The minimum absolute atomic E-state index is 0.0568. The molecule has 2 heterocycles. The summed E-state index contributed by atoms with van der Waals surface area (Å²) >= 11 is 1.44. The number of hydrogen-bond acceptors (Lipinski definition) is 4. The third-order valence-corrected chi connectivity index (χ3v) is 5.02. The van der Waals surface area contributed by atoms with Gasteiger partial charge in [0.1, 0.15) is 6.54 Å². The van der Waals surface area contributed by atoms with Crippen LogP contribution in [-0.2, 0) is 9.59 Å². The molecule has 0 unspecified atom stereocenters. The average Bonchev–Trinajstić information content (AvgIpc) is 3.08. The number of aliphatic hydroxyl groups is 1. The second-order valence-corrected chi connectivity index (χ2v) is 6.65. The summed E-state index contributed by atoms with van der Waals surface area (Å²) in [5, 5.41) is 9.87. The normalized spacial score (nSPS) is 24.6. The van der Waals surface area contributed by atoms with Crippen LogP contribution in [-0.4, -0.2) is 57.5 Å². The Morgan fingerprint density at radius 1 is 1.35 bits per heavy atom. The number of carbonyl (C=O) groups is 2. The summed E-state index contributed by atoms with van der Waals surface area (Å²) in [6.45, 7) is 0.0659. The Labute approximate surface area is 136 Å². The van der Waals surface area contributed by atoms with Gasteiger partial charge in [-0.1, -0.05) is 6.07 Å². The molecule has 1 aromatic rings. The van der Waals surface area contributed by atoms with E-state index in [1.807, 2.05) is 0 Å². The Hall–Kier alpha value is -1.67. The van der Waals surface area contributed by atoms with Gasteiger partial charge in [0.15, 0.2) is 11.6 Å². The van der Waals surface area contributed by atoms with Crippen molar-refractivity contribution in [1.29, 1.82) is 0 Å². The van der Waals surface area contributed by atoms with E-state index in [9.17, 15) is 23.5 Å². The van der Waals surface area contributed by atoms with Crippen molar-refractivity contribution in [3.8, 4) is 0 Å². The van der Waals surface area contributed by atoms with Crippen LogP contribution < -0.4 is 0 Å². The maximum Gasteiger partial charge on any atom is 0.242 e. The standard InChI is InChI=1S/C15H16F2N2O3S/c16-11-2-1-9(3-12(11)17)13-4-10(20)5-19(13)14(21)6-18-8-23-7-15(18)22/h1-3,10,13,20H,4-8H2/t10-,13+/m0/s1. The molecule has 2 aliphatic heterocycles. The fraction of sp³-hybridized carbons (Fsp3) is 0.467. The number of benzene rings is 1. The zero-order valence-corrected chi connectivity index (χ0v) is 13.1. The first-order valence-corrected chi connectivity index (χ1v) is 8.39. The fourth-order valence-electron chi connectivity index (χ4n) is 2.92. The molecule has 2 aliphatic rings. The second kappa shape index (κ2) is 6.45. The zero-order valence-electron chi connectivity index (χ0n) is 12.2. The SMILES string of the molecule is O=C1CSCN1CC(=O)N1C[C@@H](O)C[C@@H]1c1ccc(F)c(F)c1. The lowest BCUT2D eigenvalue weighted by Gasteiger charge is -2.27. The highest BCUT2D eigenvalue weighted by Crippen LogP contribution is 2.33. The quantitative estimate of drug-likeness (QED) is 0.895. The number of hydrogen-bond donors (Lipinski definition) is 1. The van der Waals surface area contributed by atoms with Crippen molar-refractivity contribution in [2.75, 3.05) is 24.7 Å². The lowest BCUT2D eigenvalue weighted by molar-refractivity contribution is -0.138. The van der Waals surface area contributed by atoms with Crippen molar-refractivity contribution in [2.24, 2.45) is 0 Å². The van der Waals surface area contributed by atoms with E-state index < -0.39 is 23.8 Å². The van der Waals surface area contributed by atoms with E-state index in [0.717, 1.165) is 12.1 Å². The van der Waals surface area contributed by atoms with E-state index in [1.165, 1.54) is 27.6 Å². The minimum atomic E-state index is -0.984. The van der Waals surface area contributed by atoms with Gasteiger partial charge in [0.2, 0.25) is 11.8 Å². The topological polar surface area (TPSA) is 60.9 Å². The number of β-amino-alcohol motifs (C(OH)–C–C–N with tert-alkyl or cyclic N) is 1. The molecular weight excluding hydrogens is 326 g/mol. The molecule has 1 N–H and O–H groups in total. The number of carbonyl (C=O) groups excluding carboxylic acids is 2. The van der Waals surface area contributed by atoms with Gasteiger partial charge in [-0.15, -0.1) is 11.8 Å². The lowest BCUT2D eigenvalue weighted by atomic mass is 10.0. The molecule has 0 aliphatic carbocycles. The monoisotopic (exact) mass is 342 g/mol. The highest BCUT2D eigenvalue weighted by molar-refractivity contribution is 8.00. The summed E-state index contributed by atoms with van der Waals surface area (Å²) < 4.78 is 26.5. The molecule has 8 heteroatoms. The first kappa shape index (κ1) is 16.2. The van der Waals surface area contributed by atoms with E-state index in [-0.39, 0.29) is 31.3 Å². The molecule has 2 fully saturated rings. The molecule has 0 bridgehead atoms. The number of nitrogens with zero attached hydrogens (tertiary/aromatic N) is 2. The van der Waals surface area contributed by atoms with Crippen LogP contribution in [0, 0.1) is 11.6 Å². The van der Waals surface area contributed by atoms with E-state index in [0.29, 0.717) is 17.2 Å². The largest absolute Gasteiger partial charge is 0.391 e. The predicted molar refractivity (Wildman–Crippen MR) is 80.5 cm³/mol. The fourth-order valence-corrected chi connectivity index (χ4v) is 3.82. The van der Waals surface area contributed by atoms with Crippen LogP contribution in [0.5, 0.6) is 0 Å². The molecule has 23 heavy (non-hydrogen) atoms. The smallest absolute Gasteiger partial charge is 0.242 e. The zero-order chi connectivity index (χ0) is 16.6. The number of halogens is 2. The molecule has 1 aromatic carbocycles. The molecule has 0 radical (unpaired) electrons. The number of likely N-dealkylation sites (tertiary alicyclic amines) is 1. The Balaban J connectivity index is 1.77. The first-order valence-electron chi connectivity index (χ1n) is 7.23. The van der Waals surface area contributed by atoms with Gasteiger partial charge in [0, 0.05) is 6.54 Å². The third kappa shape index (κ3) is 3.32. The van der Waals surface area contributed by atoms with Crippen LogP contribution in [0.2, 0.25) is 0 Å². The summed E-state index contributed by atoms with van der Waals surface area (Å²) in [5.74, 6) is -1.49. The highest BCUT2D eigenvalue weighted by atomic mass is 32.2. The van der Waals surface area contributed by atoms with Crippen LogP contribution in [0.1, 0.15) is 18.0 Å². The molecule has 3 rings (SSSR count). The van der Waals surface area contributed by atoms with Crippen molar-refractivity contribution in [3.05, 3.63) is 35.4 Å². The van der Waals surface area contributed by atoms with Gasteiger partial charge in [-0.2, -0.15) is 0 Å². The van der Waals surface area contributed by atoms with Crippen molar-refractivity contribution in [2.45, 2.75) is 18.6 Å². The van der Waals surface area contributed by atoms with E-state index in [2.05, 4.69) is 0 Å². The van der Waals surface area contributed by atoms with E-state index >= 15 is 0 Å². The van der Waals surface area contributed by atoms with Gasteiger partial charge in [-0.05, 0) is 24.1 Å². The van der Waals surface area contributed by atoms with E-state index in [4.69, 9.17) is 0 Å². The Kier molecular flexibility index (Phi) is 4.54. The van der Waals surface area contributed by atoms with Gasteiger partial charge in [-0.3, -0.25) is 9.59 Å². The maximum atomic E-state index is 13.4. The summed E-state index contributed by atoms with van der Waals surface area (Å²) in [4.78, 5) is 27.0. The Morgan fingerprint density at radius 2 is 2.13 bits per heavy atom. The van der Waals surface area contributed by atoms with Crippen LogP contribution in [0.25, 0.3) is 0 Å². The Morgan fingerprint density at radius 3 is 2.78 bits per heavy atom. The van der Waals surface area contributed by atoms with Crippen molar-refractivity contribution >= 4 is 23.6 Å². The highest BCUT2D eigenvalue weighted by Gasteiger charge is 2.37. The molecule has 0 saturated carbocycles. The maximum absolute atomic E-state index is 13.4. The average molecular weight is 342 g/mol. The van der Waals surface area contributed by atoms with Gasteiger partial charge < -0.3 is 14.9 Å². The van der Waals surface area contributed by atoms with Crippen molar-refractivity contribution in [3.63, 3.8) is 0 Å².